The summed E-state index contributed by atoms with van der Waals surface area (Å²) in [4.78, 5) is 15.0. The number of nitro benzene ring substituents is 1. The summed E-state index contributed by atoms with van der Waals surface area (Å²) in [6, 6.07) is 4.89. The molecular formula is C13H14N2O2S2. The largest absolute Gasteiger partial charge is 0.270 e. The van der Waals surface area contributed by atoms with E-state index in [4.69, 9.17) is 0 Å². The highest BCUT2D eigenvalue weighted by Crippen LogP contribution is 2.38. The fourth-order valence-corrected chi connectivity index (χ4v) is 4.99. The van der Waals surface area contributed by atoms with Gasteiger partial charge in [-0.3, -0.25) is 10.1 Å². The van der Waals surface area contributed by atoms with Crippen molar-refractivity contribution in [2.75, 3.05) is 0 Å². The van der Waals surface area contributed by atoms with Crippen molar-refractivity contribution in [3.8, 4) is 0 Å². The fourth-order valence-electron chi connectivity index (χ4n) is 2.38. The molecule has 1 aromatic carbocycles. The molecule has 4 nitrogen and oxygen atoms in total. The number of thioether (sulfide) groups is 1. The minimum atomic E-state index is -0.354. The van der Waals surface area contributed by atoms with Crippen LogP contribution in [0.1, 0.15) is 32.1 Å². The van der Waals surface area contributed by atoms with E-state index in [1.54, 1.807) is 23.5 Å². The molecule has 2 aromatic rings. The van der Waals surface area contributed by atoms with Crippen LogP contribution in [-0.2, 0) is 0 Å². The lowest BCUT2D eigenvalue weighted by molar-refractivity contribution is -0.384. The van der Waals surface area contributed by atoms with E-state index in [0.29, 0.717) is 5.25 Å². The van der Waals surface area contributed by atoms with E-state index < -0.39 is 0 Å². The van der Waals surface area contributed by atoms with Gasteiger partial charge < -0.3 is 0 Å². The van der Waals surface area contributed by atoms with Crippen molar-refractivity contribution in [1.82, 2.24) is 4.98 Å². The molecule has 0 bridgehead atoms. The van der Waals surface area contributed by atoms with Crippen molar-refractivity contribution in [2.24, 2.45) is 0 Å². The van der Waals surface area contributed by atoms with Crippen LogP contribution in [0.3, 0.4) is 0 Å². The second kappa shape index (κ2) is 5.46. The lowest BCUT2D eigenvalue weighted by atomic mass is 10.0. The van der Waals surface area contributed by atoms with Gasteiger partial charge in [0.2, 0.25) is 0 Å². The summed E-state index contributed by atoms with van der Waals surface area (Å²) < 4.78 is 1.95. The molecule has 6 heteroatoms. The molecule has 100 valence electrons. The Bertz CT molecular complexity index is 606. The van der Waals surface area contributed by atoms with Gasteiger partial charge in [-0.25, -0.2) is 4.98 Å². The van der Waals surface area contributed by atoms with Crippen LogP contribution in [0, 0.1) is 10.1 Å². The van der Waals surface area contributed by atoms with Gasteiger partial charge in [-0.2, -0.15) is 0 Å². The second-order valence-electron chi connectivity index (χ2n) is 4.77. The van der Waals surface area contributed by atoms with E-state index in [1.807, 2.05) is 11.8 Å². The highest BCUT2D eigenvalue weighted by Gasteiger charge is 2.17. The number of hydrogen-bond acceptors (Lipinski definition) is 5. The molecule has 0 spiro atoms. The van der Waals surface area contributed by atoms with Gasteiger partial charge in [0.1, 0.15) is 0 Å². The normalized spacial score (nSPS) is 16.8. The first-order valence-electron chi connectivity index (χ1n) is 6.44. The lowest BCUT2D eigenvalue weighted by Crippen LogP contribution is -2.07. The Kier molecular flexibility index (Phi) is 3.70. The third-order valence-electron chi connectivity index (χ3n) is 3.38. The molecule has 1 aliphatic carbocycles. The zero-order valence-corrected chi connectivity index (χ0v) is 12.0. The third kappa shape index (κ3) is 2.90. The van der Waals surface area contributed by atoms with Crippen molar-refractivity contribution in [3.05, 3.63) is 28.3 Å². The fraction of sp³-hybridized carbons (Fsp3) is 0.462. The van der Waals surface area contributed by atoms with Gasteiger partial charge in [0.25, 0.3) is 5.69 Å². The van der Waals surface area contributed by atoms with Gasteiger partial charge in [0, 0.05) is 17.4 Å². The maximum Gasteiger partial charge on any atom is 0.270 e. The highest BCUT2D eigenvalue weighted by molar-refractivity contribution is 8.01. The summed E-state index contributed by atoms with van der Waals surface area (Å²) in [5, 5.41) is 11.4. The Morgan fingerprint density at radius 2 is 2.11 bits per heavy atom. The van der Waals surface area contributed by atoms with Gasteiger partial charge >= 0.3 is 0 Å². The smallest absolute Gasteiger partial charge is 0.258 e. The van der Waals surface area contributed by atoms with Gasteiger partial charge in [-0.1, -0.05) is 31.0 Å². The monoisotopic (exact) mass is 294 g/mol. The van der Waals surface area contributed by atoms with Crippen LogP contribution >= 0.6 is 23.1 Å². The van der Waals surface area contributed by atoms with Crippen molar-refractivity contribution in [3.63, 3.8) is 0 Å². The van der Waals surface area contributed by atoms with Crippen molar-refractivity contribution in [1.29, 1.82) is 0 Å². The van der Waals surface area contributed by atoms with Crippen LogP contribution in [0.4, 0.5) is 5.69 Å². The molecule has 0 unspecified atom stereocenters. The number of rotatable bonds is 3. The minimum absolute atomic E-state index is 0.144. The van der Waals surface area contributed by atoms with Crippen LogP contribution < -0.4 is 0 Å². The standard InChI is InChI=1S/C13H14N2O2S2/c16-15(17)9-6-7-11-12(8-9)19-13(14-11)18-10-4-2-1-3-5-10/h6-8,10H,1-5H2. The molecule has 1 saturated carbocycles. The number of fused-ring (bicyclic) bond motifs is 1. The maximum atomic E-state index is 10.8. The number of hydrogen-bond donors (Lipinski definition) is 0. The summed E-state index contributed by atoms with van der Waals surface area (Å²) in [5.41, 5.74) is 1.01. The Morgan fingerprint density at radius 3 is 2.84 bits per heavy atom. The van der Waals surface area contributed by atoms with E-state index in [-0.39, 0.29) is 10.6 Å². The predicted molar refractivity (Wildman–Crippen MR) is 79.0 cm³/mol. The molecule has 1 aromatic heterocycles. The topological polar surface area (TPSA) is 56.0 Å². The van der Waals surface area contributed by atoms with E-state index in [2.05, 4.69) is 4.98 Å². The summed E-state index contributed by atoms with van der Waals surface area (Å²) in [5.74, 6) is 0. The number of aromatic nitrogens is 1. The number of nitro groups is 1. The summed E-state index contributed by atoms with van der Waals surface area (Å²) >= 11 is 3.41. The molecule has 0 amide bonds. The summed E-state index contributed by atoms with van der Waals surface area (Å²) in [7, 11) is 0. The first-order valence-corrected chi connectivity index (χ1v) is 8.13. The Labute approximate surface area is 119 Å². The molecule has 19 heavy (non-hydrogen) atoms. The molecule has 1 fully saturated rings. The molecule has 0 N–H and O–H groups in total. The average molecular weight is 294 g/mol. The summed E-state index contributed by atoms with van der Waals surface area (Å²) in [6.07, 6.45) is 6.51. The van der Waals surface area contributed by atoms with Crippen LogP contribution in [0.2, 0.25) is 0 Å². The Hall–Kier alpha value is -1.14. The molecule has 0 atom stereocenters. The Balaban J connectivity index is 1.82. The van der Waals surface area contributed by atoms with Gasteiger partial charge in [0.15, 0.2) is 4.34 Å². The molecule has 0 saturated heterocycles. The van der Waals surface area contributed by atoms with E-state index >= 15 is 0 Å². The summed E-state index contributed by atoms with van der Waals surface area (Å²) in [6.45, 7) is 0. The van der Waals surface area contributed by atoms with Crippen LogP contribution in [0.15, 0.2) is 22.5 Å². The molecule has 3 rings (SSSR count). The van der Waals surface area contributed by atoms with E-state index in [0.717, 1.165) is 14.6 Å². The van der Waals surface area contributed by atoms with Crippen molar-refractivity contribution in [2.45, 2.75) is 41.7 Å². The second-order valence-corrected chi connectivity index (χ2v) is 7.34. The quantitative estimate of drug-likeness (QED) is 0.611. The van der Waals surface area contributed by atoms with Crippen LogP contribution in [0.25, 0.3) is 10.2 Å². The molecule has 0 aliphatic heterocycles. The van der Waals surface area contributed by atoms with Gasteiger partial charge in [-0.15, -0.1) is 11.3 Å². The zero-order chi connectivity index (χ0) is 13.2. The zero-order valence-electron chi connectivity index (χ0n) is 10.4. The van der Waals surface area contributed by atoms with Gasteiger partial charge in [0.05, 0.1) is 15.1 Å². The van der Waals surface area contributed by atoms with E-state index in [1.165, 1.54) is 38.2 Å². The Morgan fingerprint density at radius 1 is 1.32 bits per heavy atom. The molecule has 0 radical (unpaired) electrons. The highest BCUT2D eigenvalue weighted by atomic mass is 32.2. The van der Waals surface area contributed by atoms with Crippen molar-refractivity contribution >= 4 is 39.0 Å². The van der Waals surface area contributed by atoms with Crippen molar-refractivity contribution < 1.29 is 4.92 Å². The number of benzene rings is 1. The molecule has 1 heterocycles. The predicted octanol–water partition coefficient (Wildman–Crippen LogP) is 4.63. The lowest BCUT2D eigenvalue weighted by Gasteiger charge is -2.19. The maximum absolute atomic E-state index is 10.8. The van der Waals surface area contributed by atoms with Crippen LogP contribution in [0.5, 0.6) is 0 Å². The van der Waals surface area contributed by atoms with Crippen LogP contribution in [-0.4, -0.2) is 15.2 Å². The van der Waals surface area contributed by atoms with Gasteiger partial charge in [-0.05, 0) is 18.9 Å². The number of thiazole rings is 1. The first-order chi connectivity index (χ1) is 9.22. The first kappa shape index (κ1) is 12.9. The molecule has 1 aliphatic rings. The minimum Gasteiger partial charge on any atom is -0.258 e. The average Bonchev–Trinajstić information content (AvgIpc) is 2.80. The van der Waals surface area contributed by atoms with E-state index in [9.17, 15) is 10.1 Å². The SMILES string of the molecule is O=[N+]([O-])c1ccc2nc(SC3CCCCC3)sc2c1. The third-order valence-corrected chi connectivity index (χ3v) is 5.83. The number of non-ortho nitro benzene ring substituents is 1. The molecular weight excluding hydrogens is 280 g/mol. The number of nitrogens with zero attached hydrogens (tertiary/aromatic N) is 2.